The van der Waals surface area contributed by atoms with Crippen LogP contribution in [0.15, 0.2) is 0 Å². The molecule has 0 radical (unpaired) electrons. The Balaban J connectivity index is 1.80. The fraction of sp³-hybridized carbons (Fsp3) is 1.00. The van der Waals surface area contributed by atoms with Gasteiger partial charge < -0.3 is 105 Å². The molecule has 33 nitrogen and oxygen atoms in total. The number of phosphoric acid groups is 4. The Kier molecular flexibility index (Phi) is 26.0. The second-order valence-corrected chi connectivity index (χ2v) is 19.3. The lowest BCUT2D eigenvalue weighted by Crippen LogP contribution is -2.64. The first-order valence-electron chi connectivity index (χ1n) is 18.3. The third kappa shape index (κ3) is 21.6. The zero-order chi connectivity index (χ0) is 48.6. The highest BCUT2D eigenvalue weighted by Crippen LogP contribution is 2.47. The maximum atomic E-state index is 12.5. The van der Waals surface area contributed by atoms with E-state index in [9.17, 15) is 88.9 Å². The third-order valence-electron chi connectivity index (χ3n) is 8.07. The molecule has 0 saturated carbocycles. The predicted octanol–water partition coefficient (Wildman–Crippen LogP) is -8.04. The predicted molar refractivity (Wildman–Crippen MR) is 196 cm³/mol. The van der Waals surface area contributed by atoms with Gasteiger partial charge in [-0.1, -0.05) is 0 Å². The quantitative estimate of drug-likeness (QED) is 0.0278. The van der Waals surface area contributed by atoms with Gasteiger partial charge in [-0.15, -0.1) is 0 Å². The molecule has 64 heavy (non-hydrogen) atoms. The van der Waals surface area contributed by atoms with Crippen molar-refractivity contribution in [2.45, 2.75) is 91.9 Å². The first-order valence-corrected chi connectivity index (χ1v) is 24.3. The molecule has 37 heteroatoms. The number of hydrogen-bond acceptors (Lipinski definition) is 29. The Morgan fingerprint density at radius 2 is 0.766 bits per heavy atom. The number of phosphoric ester groups is 4. The smallest absolute Gasteiger partial charge is 0.394 e. The molecule has 0 bridgehead atoms. The molecule has 0 amide bonds. The second-order valence-electron chi connectivity index (χ2n) is 13.5. The number of hydrogen-bond donors (Lipinski definition) is 17. The minimum Gasteiger partial charge on any atom is -0.394 e. The van der Waals surface area contributed by atoms with Gasteiger partial charge in [0.15, 0.2) is 12.6 Å². The van der Waals surface area contributed by atoms with Crippen LogP contribution in [0.1, 0.15) is 0 Å². The van der Waals surface area contributed by atoms with Crippen LogP contribution in [0.2, 0.25) is 0 Å². The van der Waals surface area contributed by atoms with Crippen molar-refractivity contribution >= 4 is 31.3 Å². The fourth-order valence-electron chi connectivity index (χ4n) is 4.69. The normalized spacial score (nSPS) is 32.9. The highest BCUT2D eigenvalue weighted by molar-refractivity contribution is 7.48. The summed E-state index contributed by atoms with van der Waals surface area (Å²) in [7, 11) is -20.3. The van der Waals surface area contributed by atoms with Crippen LogP contribution in [-0.2, 0) is 73.4 Å². The Morgan fingerprint density at radius 3 is 1.16 bits per heavy atom. The summed E-state index contributed by atoms with van der Waals surface area (Å²) in [5.41, 5.74) is 0. The fourth-order valence-corrected chi connectivity index (χ4v) is 7.85. The van der Waals surface area contributed by atoms with E-state index in [4.69, 9.17) is 38.8 Å². The van der Waals surface area contributed by atoms with Crippen LogP contribution in [0, 0.1) is 0 Å². The van der Waals surface area contributed by atoms with E-state index in [1.807, 2.05) is 0 Å². The van der Waals surface area contributed by atoms with E-state index in [1.54, 1.807) is 0 Å². The minimum atomic E-state index is -5.23. The van der Waals surface area contributed by atoms with E-state index < -0.39 is 203 Å². The highest BCUT2D eigenvalue weighted by Gasteiger charge is 2.51. The molecule has 2 aliphatic rings. The van der Waals surface area contributed by atoms with Crippen LogP contribution in [0.4, 0.5) is 0 Å². The van der Waals surface area contributed by atoms with Crippen LogP contribution in [0.3, 0.4) is 0 Å². The second kappa shape index (κ2) is 27.8. The zero-order valence-corrected chi connectivity index (χ0v) is 36.6. The highest BCUT2D eigenvalue weighted by atomic mass is 31.2. The molecule has 2 heterocycles. The van der Waals surface area contributed by atoms with Gasteiger partial charge in [-0.3, -0.25) is 36.2 Å². The first kappa shape index (κ1) is 59.9. The number of ether oxygens (including phenoxy) is 4. The molecule has 19 atom stereocenters. The number of rotatable bonds is 32. The van der Waals surface area contributed by atoms with E-state index in [2.05, 4.69) is 31.7 Å². The molecular weight excluding hydrogens is 976 g/mol. The van der Waals surface area contributed by atoms with E-state index >= 15 is 0 Å². The number of aliphatic hydroxyl groups is 13. The van der Waals surface area contributed by atoms with Gasteiger partial charge in [0.25, 0.3) is 0 Å². The monoisotopic (exact) mass is 1030 g/mol. The molecule has 2 saturated heterocycles. The van der Waals surface area contributed by atoms with Crippen molar-refractivity contribution in [3.8, 4) is 0 Å². The minimum absolute atomic E-state index is 0.624. The summed E-state index contributed by atoms with van der Waals surface area (Å²) in [6.07, 6.45) is -27.6. The van der Waals surface area contributed by atoms with Crippen molar-refractivity contribution in [1.29, 1.82) is 0 Å². The van der Waals surface area contributed by atoms with Gasteiger partial charge >= 0.3 is 31.3 Å². The standard InChI is InChI=1S/C27H56O33P4/c28-1-13(31)4-49-27-25(23(39)20(36)18(3-30)58-27)60-26-24(40)22(38)21(37)19(59-26)12-57-64(47,48)56-11-17(35)10-55-63(45,46)54-9-16(34)8-53-62(43,44)52-7-15(33)6-51-61(41,42)50-5-14(32)2-29/h13-40H,1-12H2,(H,41,42)(H,43,44)(H,45,46)(H,47,48)/t13-,14+,15?,16?,17+,18+,19+,20+,21+,22-,23-,24+,25+,26+,27-/m0/s1. The molecule has 6 unspecified atom stereocenters. The summed E-state index contributed by atoms with van der Waals surface area (Å²) in [5, 5.41) is 128. The van der Waals surface area contributed by atoms with E-state index in [0.717, 1.165) is 0 Å². The summed E-state index contributed by atoms with van der Waals surface area (Å²) in [6, 6.07) is 0. The zero-order valence-electron chi connectivity index (χ0n) is 33.1. The summed E-state index contributed by atoms with van der Waals surface area (Å²) in [6.45, 7) is -11.5. The first-order chi connectivity index (χ1) is 29.6. The molecule has 17 N–H and O–H groups in total. The van der Waals surface area contributed by atoms with E-state index in [1.165, 1.54) is 0 Å². The molecule has 0 spiro atoms. The van der Waals surface area contributed by atoms with Gasteiger partial charge in [0.05, 0.1) is 79.3 Å². The summed E-state index contributed by atoms with van der Waals surface area (Å²) >= 11 is 0. The van der Waals surface area contributed by atoms with Crippen LogP contribution in [0.25, 0.3) is 0 Å². The average molecular weight is 1030 g/mol. The van der Waals surface area contributed by atoms with Crippen LogP contribution in [0.5, 0.6) is 0 Å². The van der Waals surface area contributed by atoms with Gasteiger partial charge in [0, 0.05) is 0 Å². The largest absolute Gasteiger partial charge is 0.472 e. The third-order valence-corrected chi connectivity index (χ3v) is 11.9. The van der Waals surface area contributed by atoms with Gasteiger partial charge in [-0.25, -0.2) is 18.3 Å². The Hall–Kier alpha value is -0.240. The Bertz CT molecular complexity index is 1530. The summed E-state index contributed by atoms with van der Waals surface area (Å²) in [5.74, 6) is 0. The topological polar surface area (TPSA) is 523 Å². The lowest BCUT2D eigenvalue weighted by atomic mass is 9.97. The van der Waals surface area contributed by atoms with E-state index in [-0.39, 0.29) is 0 Å². The van der Waals surface area contributed by atoms with Crippen molar-refractivity contribution in [2.75, 3.05) is 79.3 Å². The molecule has 2 rings (SSSR count). The van der Waals surface area contributed by atoms with Crippen molar-refractivity contribution in [3.63, 3.8) is 0 Å². The van der Waals surface area contributed by atoms with Crippen LogP contribution >= 0.6 is 31.3 Å². The van der Waals surface area contributed by atoms with Crippen molar-refractivity contribution < 1.29 is 159 Å². The Labute approximate surface area is 361 Å². The maximum Gasteiger partial charge on any atom is 0.472 e. The van der Waals surface area contributed by atoms with Crippen molar-refractivity contribution in [2.24, 2.45) is 0 Å². The number of aliphatic hydroxyl groups excluding tert-OH is 13. The van der Waals surface area contributed by atoms with Gasteiger partial charge in [0.2, 0.25) is 0 Å². The molecule has 2 fully saturated rings. The van der Waals surface area contributed by atoms with Crippen LogP contribution < -0.4 is 0 Å². The maximum absolute atomic E-state index is 12.5. The molecule has 0 aliphatic carbocycles. The van der Waals surface area contributed by atoms with Crippen molar-refractivity contribution in [1.82, 2.24) is 0 Å². The van der Waals surface area contributed by atoms with Gasteiger partial charge in [0.1, 0.15) is 79.4 Å². The molecule has 382 valence electrons. The lowest BCUT2D eigenvalue weighted by Gasteiger charge is -2.46. The van der Waals surface area contributed by atoms with E-state index in [0.29, 0.717) is 0 Å². The van der Waals surface area contributed by atoms with Crippen molar-refractivity contribution in [3.05, 3.63) is 0 Å². The summed E-state index contributed by atoms with van der Waals surface area (Å²) in [4.78, 5) is 39.0. The molecule has 0 aromatic carbocycles. The van der Waals surface area contributed by atoms with Gasteiger partial charge in [-0.2, -0.15) is 0 Å². The molecule has 0 aromatic rings. The molecular formula is C27H56O33P4. The lowest BCUT2D eigenvalue weighted by molar-refractivity contribution is -0.368. The summed E-state index contributed by atoms with van der Waals surface area (Å²) < 4.78 is 106. The van der Waals surface area contributed by atoms with Gasteiger partial charge in [-0.05, 0) is 0 Å². The average Bonchev–Trinajstić information content (AvgIpc) is 3.24. The Morgan fingerprint density at radius 1 is 0.422 bits per heavy atom. The SMILES string of the molecule is O=P(O)(OCC(O)COP(=O)(O)OC[C@@H](O)COP(=O)(O)OC[C@H]1O[C@H](O[C@H]2[C@@H](OC[C@@H](O)CO)O[C@H](CO)[C@@H](O)[C@@H]2O)[C@H](O)[C@@H](O)[C@@H]1O)OCC(O)COP(=O)(O)OC[C@H](O)CO. The van der Waals surface area contributed by atoms with Crippen LogP contribution in [-0.4, -0.2) is 257 Å². The molecule has 0 aromatic heterocycles. The molecule has 2 aliphatic heterocycles.